The highest BCUT2D eigenvalue weighted by Gasteiger charge is 2.67. The molecule has 138 valence electrons. The molecule has 1 spiro atoms. The van der Waals surface area contributed by atoms with Gasteiger partial charge in [-0.1, -0.05) is 26.3 Å². The van der Waals surface area contributed by atoms with Crippen LogP contribution in [0.1, 0.15) is 65.7 Å². The molecule has 1 heterocycles. The Bertz CT molecular complexity index is 631. The Balaban J connectivity index is 1.54. The van der Waals surface area contributed by atoms with E-state index in [1.54, 1.807) is 0 Å². The van der Waals surface area contributed by atoms with Crippen molar-refractivity contribution in [1.29, 1.82) is 0 Å². The first kappa shape index (κ1) is 16.5. The molecule has 0 aromatic carbocycles. The number of hydrogen-bond donors (Lipinski definition) is 0. The van der Waals surface area contributed by atoms with E-state index < -0.39 is 5.79 Å². The summed E-state index contributed by atoms with van der Waals surface area (Å²) < 4.78 is 12.4. The topological polar surface area (TPSA) is 35.5 Å². The first-order valence-corrected chi connectivity index (χ1v) is 10.4. The van der Waals surface area contributed by atoms with Gasteiger partial charge in [0.15, 0.2) is 11.6 Å². The summed E-state index contributed by atoms with van der Waals surface area (Å²) in [6.07, 6.45) is 10.1. The van der Waals surface area contributed by atoms with Crippen LogP contribution in [-0.4, -0.2) is 24.8 Å². The summed E-state index contributed by atoms with van der Waals surface area (Å²) in [5.41, 5.74) is 1.71. The van der Waals surface area contributed by atoms with Gasteiger partial charge in [0, 0.05) is 17.8 Å². The van der Waals surface area contributed by atoms with Gasteiger partial charge in [-0.15, -0.1) is 0 Å². The van der Waals surface area contributed by atoms with E-state index in [0.29, 0.717) is 30.8 Å². The largest absolute Gasteiger partial charge is 0.347 e. The molecule has 1 aliphatic heterocycles. The minimum atomic E-state index is -0.408. The minimum Gasteiger partial charge on any atom is -0.347 e. The number of rotatable bonds is 0. The molecule has 0 N–H and O–H groups in total. The zero-order valence-corrected chi connectivity index (χ0v) is 16.0. The summed E-state index contributed by atoms with van der Waals surface area (Å²) in [5, 5.41) is 0. The van der Waals surface area contributed by atoms with Crippen molar-refractivity contribution in [2.24, 2.45) is 34.5 Å². The molecule has 3 heteroatoms. The van der Waals surface area contributed by atoms with Crippen LogP contribution in [0.15, 0.2) is 11.6 Å². The predicted octanol–water partition coefficient (Wildman–Crippen LogP) is 4.51. The van der Waals surface area contributed by atoms with Crippen LogP contribution in [0, 0.1) is 34.5 Å². The number of hydrogen-bond acceptors (Lipinski definition) is 3. The molecule has 4 fully saturated rings. The maximum Gasteiger partial charge on any atom is 0.174 e. The molecule has 1 unspecified atom stereocenters. The average molecular weight is 344 g/mol. The second-order valence-electron chi connectivity index (χ2n) is 10.0. The number of fused-ring (bicyclic) bond motifs is 6. The van der Waals surface area contributed by atoms with Gasteiger partial charge in [-0.25, -0.2) is 0 Å². The third-order valence-electron chi connectivity index (χ3n) is 8.99. The normalized spacial score (nSPS) is 51.0. The fraction of sp³-hybridized carbons (Fsp3) is 0.864. The quantitative estimate of drug-likeness (QED) is 0.649. The lowest BCUT2D eigenvalue weighted by molar-refractivity contribution is -0.240. The van der Waals surface area contributed by atoms with E-state index in [9.17, 15) is 4.79 Å². The maximum atomic E-state index is 13.3. The summed E-state index contributed by atoms with van der Waals surface area (Å²) in [6.45, 7) is 8.58. The van der Waals surface area contributed by atoms with Crippen LogP contribution in [0.25, 0.3) is 0 Å². The van der Waals surface area contributed by atoms with Gasteiger partial charge >= 0.3 is 0 Å². The van der Waals surface area contributed by atoms with Crippen LogP contribution in [0.3, 0.4) is 0 Å². The molecular weight excluding hydrogens is 312 g/mol. The number of carbonyl (C=O) groups excluding carboxylic acids is 1. The first-order valence-electron chi connectivity index (χ1n) is 10.4. The number of carbonyl (C=O) groups is 1. The monoisotopic (exact) mass is 344 g/mol. The Labute approximate surface area is 151 Å². The van der Waals surface area contributed by atoms with Gasteiger partial charge in [-0.05, 0) is 67.8 Å². The fourth-order valence-corrected chi connectivity index (χ4v) is 7.47. The second-order valence-corrected chi connectivity index (χ2v) is 10.0. The standard InChI is InChI=1S/C22H32O3/c1-14-4-7-20(2)15(12-14)13-18(23)19-16(20)5-8-21(3)17(19)6-9-22(21)24-10-11-25-22/h13-14,16-17,19H,4-12H2,1-3H3/t14?,16-,17-,19+,20-,21-/m0/s1. The molecule has 4 aliphatic carbocycles. The number of ether oxygens (including phenoxy) is 2. The van der Waals surface area contributed by atoms with Gasteiger partial charge in [-0.3, -0.25) is 4.79 Å². The van der Waals surface area contributed by atoms with Crippen molar-refractivity contribution in [2.45, 2.75) is 71.5 Å². The van der Waals surface area contributed by atoms with Crippen LogP contribution in [-0.2, 0) is 14.3 Å². The van der Waals surface area contributed by atoms with Crippen molar-refractivity contribution in [1.82, 2.24) is 0 Å². The highest BCUT2D eigenvalue weighted by molar-refractivity contribution is 5.94. The lowest BCUT2D eigenvalue weighted by Gasteiger charge is -2.58. The van der Waals surface area contributed by atoms with Crippen molar-refractivity contribution >= 4 is 5.78 Å². The Hall–Kier alpha value is -0.670. The van der Waals surface area contributed by atoms with Gasteiger partial charge in [0.05, 0.1) is 13.2 Å². The SMILES string of the molecule is CC1CC[C@@]2(C)C(=CC(=O)[C@@H]3[C@@H]2CC[C@@]2(C)[C@H]3CCC23OCCO3)C1. The Morgan fingerprint density at radius 3 is 2.48 bits per heavy atom. The average Bonchev–Trinajstić information content (AvgIpc) is 3.17. The summed E-state index contributed by atoms with van der Waals surface area (Å²) in [6, 6.07) is 0. The lowest BCUT2D eigenvalue weighted by Crippen LogP contribution is -2.56. The van der Waals surface area contributed by atoms with Gasteiger partial charge in [0.2, 0.25) is 0 Å². The zero-order chi connectivity index (χ0) is 17.4. The molecular formula is C22H32O3. The molecule has 5 rings (SSSR count). The third kappa shape index (κ3) is 1.97. The molecule has 0 radical (unpaired) electrons. The highest BCUT2D eigenvalue weighted by atomic mass is 16.7. The Kier molecular flexibility index (Phi) is 3.43. The molecule has 1 saturated heterocycles. The molecule has 3 nitrogen and oxygen atoms in total. The van der Waals surface area contributed by atoms with Crippen LogP contribution in [0.4, 0.5) is 0 Å². The van der Waals surface area contributed by atoms with Crippen molar-refractivity contribution in [3.05, 3.63) is 11.6 Å². The van der Waals surface area contributed by atoms with Gasteiger partial charge in [0.25, 0.3) is 0 Å². The maximum absolute atomic E-state index is 13.3. The third-order valence-corrected chi connectivity index (χ3v) is 8.99. The molecule has 0 amide bonds. The van der Waals surface area contributed by atoms with Crippen molar-refractivity contribution < 1.29 is 14.3 Å². The fourth-order valence-electron chi connectivity index (χ4n) is 7.47. The smallest absolute Gasteiger partial charge is 0.174 e. The molecule has 0 bridgehead atoms. The van der Waals surface area contributed by atoms with E-state index in [1.165, 1.54) is 18.4 Å². The highest BCUT2D eigenvalue weighted by Crippen LogP contribution is 2.68. The van der Waals surface area contributed by atoms with E-state index >= 15 is 0 Å². The summed E-state index contributed by atoms with van der Waals surface area (Å²) in [7, 11) is 0. The summed E-state index contributed by atoms with van der Waals surface area (Å²) in [4.78, 5) is 13.3. The predicted molar refractivity (Wildman–Crippen MR) is 95.9 cm³/mol. The van der Waals surface area contributed by atoms with Gasteiger partial charge in [-0.2, -0.15) is 0 Å². The van der Waals surface area contributed by atoms with Crippen molar-refractivity contribution in [3.63, 3.8) is 0 Å². The van der Waals surface area contributed by atoms with Crippen molar-refractivity contribution in [3.8, 4) is 0 Å². The molecule has 0 aromatic heterocycles. The Morgan fingerprint density at radius 1 is 1.00 bits per heavy atom. The van der Waals surface area contributed by atoms with Crippen LogP contribution < -0.4 is 0 Å². The van der Waals surface area contributed by atoms with Crippen molar-refractivity contribution in [2.75, 3.05) is 13.2 Å². The summed E-state index contributed by atoms with van der Waals surface area (Å²) >= 11 is 0. The molecule has 25 heavy (non-hydrogen) atoms. The first-order chi connectivity index (χ1) is 11.9. The molecule has 3 saturated carbocycles. The van der Waals surface area contributed by atoms with E-state index in [0.717, 1.165) is 38.0 Å². The lowest BCUT2D eigenvalue weighted by atomic mass is 9.47. The van der Waals surface area contributed by atoms with E-state index in [1.807, 2.05) is 0 Å². The molecule has 6 atom stereocenters. The van der Waals surface area contributed by atoms with Gasteiger partial charge in [0.1, 0.15) is 0 Å². The minimum absolute atomic E-state index is 0.00396. The molecule has 5 aliphatic rings. The van der Waals surface area contributed by atoms with Gasteiger partial charge < -0.3 is 9.47 Å². The van der Waals surface area contributed by atoms with Crippen LogP contribution in [0.5, 0.6) is 0 Å². The summed E-state index contributed by atoms with van der Waals surface area (Å²) in [5.74, 6) is 1.88. The molecule has 0 aromatic rings. The Morgan fingerprint density at radius 2 is 1.72 bits per heavy atom. The van der Waals surface area contributed by atoms with Crippen LogP contribution in [0.2, 0.25) is 0 Å². The number of ketones is 1. The van der Waals surface area contributed by atoms with E-state index in [2.05, 4.69) is 26.8 Å². The van der Waals surface area contributed by atoms with E-state index in [4.69, 9.17) is 9.47 Å². The van der Waals surface area contributed by atoms with E-state index in [-0.39, 0.29) is 16.7 Å². The number of allylic oxidation sites excluding steroid dienone is 2. The zero-order valence-electron chi connectivity index (χ0n) is 16.0. The second kappa shape index (κ2) is 5.19. The van der Waals surface area contributed by atoms with Crippen LogP contribution >= 0.6 is 0 Å².